The molecule has 3 rings (SSSR count). The molecule has 1 fully saturated rings. The Bertz CT molecular complexity index is 1140. The fraction of sp³-hybridized carbons (Fsp3) is 0.400. The number of carbonyl (C=O) groups is 2. The minimum atomic E-state index is -0.701. The molecule has 1 aliphatic heterocycles. The summed E-state index contributed by atoms with van der Waals surface area (Å²) >= 11 is 0. The first-order chi connectivity index (χ1) is 17.9. The van der Waals surface area contributed by atoms with Crippen molar-refractivity contribution in [1.82, 2.24) is 9.80 Å². The summed E-state index contributed by atoms with van der Waals surface area (Å²) in [6.07, 6.45) is 2.55. The van der Waals surface area contributed by atoms with Gasteiger partial charge in [-0.15, -0.1) is 0 Å². The molecule has 0 spiro atoms. The number of hydrogen-bond donors (Lipinski definition) is 1. The number of aliphatic hydroxyl groups excluding tert-OH is 1. The Morgan fingerprint density at radius 3 is 2.38 bits per heavy atom. The first-order valence-electron chi connectivity index (χ1n) is 12.9. The molecule has 7 nitrogen and oxygen atoms in total. The maximum atomic E-state index is 13.3. The molecule has 1 atom stereocenters. The number of aliphatic hydroxyl groups is 1. The van der Waals surface area contributed by atoms with E-state index in [1.54, 1.807) is 29.2 Å². The van der Waals surface area contributed by atoms with Gasteiger partial charge in [0.05, 0.1) is 18.2 Å². The van der Waals surface area contributed by atoms with Crippen LogP contribution in [0, 0.1) is 6.92 Å². The Labute approximate surface area is 220 Å². The number of ketones is 1. The molecular weight excluding hydrogens is 468 g/mol. The molecule has 2 aromatic rings. The monoisotopic (exact) mass is 506 g/mol. The van der Waals surface area contributed by atoms with Crippen molar-refractivity contribution in [2.24, 2.45) is 0 Å². The second kappa shape index (κ2) is 13.1. The van der Waals surface area contributed by atoms with Crippen LogP contribution in [0.1, 0.15) is 49.9 Å². The predicted molar refractivity (Wildman–Crippen MR) is 146 cm³/mol. The molecule has 0 saturated carbocycles. The number of aryl methyl sites for hydroxylation is 1. The van der Waals surface area contributed by atoms with E-state index in [9.17, 15) is 14.7 Å². The van der Waals surface area contributed by atoms with Crippen molar-refractivity contribution in [3.05, 3.63) is 77.4 Å². The van der Waals surface area contributed by atoms with Crippen molar-refractivity contribution >= 4 is 17.4 Å². The van der Waals surface area contributed by atoms with E-state index in [-0.39, 0.29) is 11.3 Å². The summed E-state index contributed by atoms with van der Waals surface area (Å²) in [6, 6.07) is 11.9. The molecule has 1 saturated heterocycles. The summed E-state index contributed by atoms with van der Waals surface area (Å²) in [6.45, 7) is 15.3. The summed E-state index contributed by atoms with van der Waals surface area (Å²) in [5.41, 5.74) is 2.09. The lowest BCUT2D eigenvalue weighted by atomic mass is 9.94. The van der Waals surface area contributed by atoms with Crippen LogP contribution in [0.2, 0.25) is 0 Å². The lowest BCUT2D eigenvalue weighted by Gasteiger charge is -2.28. The van der Waals surface area contributed by atoms with Crippen LogP contribution in [0.3, 0.4) is 0 Å². The Morgan fingerprint density at radius 1 is 1.08 bits per heavy atom. The van der Waals surface area contributed by atoms with E-state index in [0.717, 1.165) is 36.4 Å². The fourth-order valence-electron chi connectivity index (χ4n) is 4.48. The molecule has 0 bridgehead atoms. The van der Waals surface area contributed by atoms with Gasteiger partial charge in [0.1, 0.15) is 23.9 Å². The second-order valence-electron chi connectivity index (χ2n) is 9.02. The van der Waals surface area contributed by atoms with Gasteiger partial charge in [-0.2, -0.15) is 0 Å². The second-order valence-corrected chi connectivity index (χ2v) is 9.02. The van der Waals surface area contributed by atoms with E-state index in [4.69, 9.17) is 9.47 Å². The number of nitrogens with zero attached hydrogens (tertiary/aromatic N) is 2. The van der Waals surface area contributed by atoms with E-state index in [1.165, 1.54) is 0 Å². The van der Waals surface area contributed by atoms with Gasteiger partial charge in [-0.05, 0) is 67.9 Å². The number of hydrogen-bond acceptors (Lipinski definition) is 6. The minimum Gasteiger partial charge on any atom is -0.507 e. The molecule has 1 heterocycles. The van der Waals surface area contributed by atoms with Gasteiger partial charge in [-0.3, -0.25) is 9.59 Å². The van der Waals surface area contributed by atoms with Crippen LogP contribution in [0.25, 0.3) is 5.76 Å². The zero-order valence-electron chi connectivity index (χ0n) is 22.3. The minimum absolute atomic E-state index is 0.0888. The van der Waals surface area contributed by atoms with Gasteiger partial charge in [0.15, 0.2) is 0 Å². The standard InChI is InChI=1S/C30H38N2O5/c1-6-18-36-24-13-10-22(11-14-24)27-26(29(34)30(35)32(27)17-16-31(8-3)9-4)28(33)23-12-15-25(21(5)20-23)37-19-7-2/h7,10-15,20,27,33H,2,6,8-9,16-19H2,1,3-5H3. The van der Waals surface area contributed by atoms with Gasteiger partial charge in [-0.1, -0.05) is 45.6 Å². The summed E-state index contributed by atoms with van der Waals surface area (Å²) in [5, 5.41) is 11.4. The van der Waals surface area contributed by atoms with Gasteiger partial charge in [0.2, 0.25) is 0 Å². The molecule has 0 aliphatic carbocycles. The maximum Gasteiger partial charge on any atom is 0.295 e. The summed E-state index contributed by atoms with van der Waals surface area (Å²) in [7, 11) is 0. The van der Waals surface area contributed by atoms with Gasteiger partial charge in [-0.25, -0.2) is 0 Å². The molecule has 1 unspecified atom stereocenters. The molecule has 7 heteroatoms. The van der Waals surface area contributed by atoms with Crippen LogP contribution in [-0.2, 0) is 9.59 Å². The number of likely N-dealkylation sites (N-methyl/N-ethyl adjacent to an activating group) is 1. The zero-order chi connectivity index (χ0) is 26.9. The Morgan fingerprint density at radius 2 is 1.78 bits per heavy atom. The number of likely N-dealkylation sites (tertiary alicyclic amines) is 1. The van der Waals surface area contributed by atoms with Gasteiger partial charge in [0.25, 0.3) is 11.7 Å². The van der Waals surface area contributed by atoms with Crippen molar-refractivity contribution in [2.75, 3.05) is 39.4 Å². The highest BCUT2D eigenvalue weighted by molar-refractivity contribution is 6.46. The van der Waals surface area contributed by atoms with Gasteiger partial charge < -0.3 is 24.4 Å². The predicted octanol–water partition coefficient (Wildman–Crippen LogP) is 5.11. The fourth-order valence-corrected chi connectivity index (χ4v) is 4.48. The summed E-state index contributed by atoms with van der Waals surface area (Å²) in [5.74, 6) is -0.101. The number of ether oxygens (including phenoxy) is 2. The molecule has 0 aromatic heterocycles. The van der Waals surface area contributed by atoms with Crippen LogP contribution in [0.5, 0.6) is 11.5 Å². The van der Waals surface area contributed by atoms with E-state index in [1.807, 2.05) is 38.1 Å². The average Bonchev–Trinajstić information content (AvgIpc) is 3.16. The smallest absolute Gasteiger partial charge is 0.295 e. The maximum absolute atomic E-state index is 13.3. The molecular formula is C30H38N2O5. The molecule has 0 radical (unpaired) electrons. The van der Waals surface area contributed by atoms with Crippen LogP contribution in [0.15, 0.2) is 60.7 Å². The summed E-state index contributed by atoms with van der Waals surface area (Å²) in [4.78, 5) is 30.3. The topological polar surface area (TPSA) is 79.3 Å². The van der Waals surface area contributed by atoms with E-state index >= 15 is 0 Å². The number of rotatable bonds is 13. The third-order valence-corrected chi connectivity index (χ3v) is 6.57. The first-order valence-corrected chi connectivity index (χ1v) is 12.9. The third kappa shape index (κ3) is 6.41. The molecule has 2 aromatic carbocycles. The number of carbonyl (C=O) groups excluding carboxylic acids is 2. The normalized spacial score (nSPS) is 16.9. The average molecular weight is 507 g/mol. The molecule has 1 amide bonds. The highest BCUT2D eigenvalue weighted by atomic mass is 16.5. The highest BCUT2D eigenvalue weighted by Crippen LogP contribution is 2.40. The Balaban J connectivity index is 2.05. The molecule has 37 heavy (non-hydrogen) atoms. The lowest BCUT2D eigenvalue weighted by molar-refractivity contribution is -0.140. The van der Waals surface area contributed by atoms with Gasteiger partial charge in [0, 0.05) is 18.7 Å². The van der Waals surface area contributed by atoms with Crippen molar-refractivity contribution in [2.45, 2.75) is 40.2 Å². The zero-order valence-corrected chi connectivity index (χ0v) is 22.3. The first kappa shape index (κ1) is 28.0. The van der Waals surface area contributed by atoms with Crippen LogP contribution < -0.4 is 9.47 Å². The van der Waals surface area contributed by atoms with E-state index in [2.05, 4.69) is 25.3 Å². The largest absolute Gasteiger partial charge is 0.507 e. The van der Waals surface area contributed by atoms with Crippen molar-refractivity contribution in [3.63, 3.8) is 0 Å². The lowest BCUT2D eigenvalue weighted by Crippen LogP contribution is -2.38. The SMILES string of the molecule is C=CCOc1ccc(C(O)=C2C(=O)C(=O)N(CCN(CC)CC)C2c2ccc(OCCC)cc2)cc1C. The van der Waals surface area contributed by atoms with Crippen LogP contribution in [-0.4, -0.2) is 66.0 Å². The van der Waals surface area contributed by atoms with Crippen molar-refractivity contribution in [1.29, 1.82) is 0 Å². The molecule has 1 aliphatic rings. The summed E-state index contributed by atoms with van der Waals surface area (Å²) < 4.78 is 11.4. The number of benzene rings is 2. The molecule has 1 N–H and O–H groups in total. The van der Waals surface area contributed by atoms with Gasteiger partial charge >= 0.3 is 0 Å². The van der Waals surface area contributed by atoms with E-state index in [0.29, 0.717) is 37.6 Å². The Kier molecular flexibility index (Phi) is 9.92. The third-order valence-electron chi connectivity index (χ3n) is 6.57. The Hall–Kier alpha value is -3.58. The van der Waals surface area contributed by atoms with Crippen molar-refractivity contribution < 1.29 is 24.2 Å². The van der Waals surface area contributed by atoms with Crippen LogP contribution >= 0.6 is 0 Å². The molecule has 198 valence electrons. The van der Waals surface area contributed by atoms with Crippen LogP contribution in [0.4, 0.5) is 0 Å². The van der Waals surface area contributed by atoms with Crippen molar-refractivity contribution in [3.8, 4) is 11.5 Å². The quantitative estimate of drug-likeness (QED) is 0.176. The number of amides is 1. The number of Topliss-reactive ketones (excluding diaryl/α,β-unsaturated/α-hetero) is 1. The highest BCUT2D eigenvalue weighted by Gasteiger charge is 2.46. The van der Waals surface area contributed by atoms with E-state index < -0.39 is 17.7 Å².